The minimum Gasteiger partial charge on any atom is -0.494 e. The van der Waals surface area contributed by atoms with Gasteiger partial charge in [0.15, 0.2) is 0 Å². The number of hydrogen-bond donors (Lipinski definition) is 3. The van der Waals surface area contributed by atoms with Crippen molar-refractivity contribution in [3.63, 3.8) is 0 Å². The molecule has 0 aliphatic carbocycles. The monoisotopic (exact) mass is 557 g/mol. The van der Waals surface area contributed by atoms with E-state index in [-0.39, 0.29) is 36.5 Å². The molecule has 4 rings (SSSR count). The van der Waals surface area contributed by atoms with Gasteiger partial charge in [-0.05, 0) is 61.8 Å². The molecule has 1 aromatic heterocycles. The number of benzene rings is 1. The van der Waals surface area contributed by atoms with Crippen LogP contribution in [-0.2, 0) is 32.1 Å². The van der Waals surface area contributed by atoms with Crippen molar-refractivity contribution in [1.29, 1.82) is 0 Å². The van der Waals surface area contributed by atoms with E-state index < -0.39 is 6.04 Å². The number of nitrogens with one attached hydrogen (secondary N) is 2. The van der Waals surface area contributed by atoms with Crippen molar-refractivity contribution in [1.82, 2.24) is 20.5 Å². The van der Waals surface area contributed by atoms with Crippen LogP contribution in [0.3, 0.4) is 0 Å². The maximum atomic E-state index is 13.1. The van der Waals surface area contributed by atoms with E-state index in [1.165, 1.54) is 18.3 Å². The van der Waals surface area contributed by atoms with Crippen molar-refractivity contribution in [2.24, 2.45) is 11.7 Å². The minimum atomic E-state index is -0.695. The van der Waals surface area contributed by atoms with Crippen LogP contribution in [0.5, 0.6) is 5.75 Å². The summed E-state index contributed by atoms with van der Waals surface area (Å²) in [5, 5.41) is 8.65. The molecule has 10 nitrogen and oxygen atoms in total. The van der Waals surface area contributed by atoms with Crippen LogP contribution in [0, 0.1) is 12.8 Å². The van der Waals surface area contributed by atoms with E-state index in [0.717, 1.165) is 47.7 Å². The lowest BCUT2D eigenvalue weighted by Crippen LogP contribution is -2.47. The van der Waals surface area contributed by atoms with Gasteiger partial charge in [-0.25, -0.2) is 4.98 Å². The summed E-state index contributed by atoms with van der Waals surface area (Å²) in [6.45, 7) is 5.69. The van der Waals surface area contributed by atoms with E-state index in [0.29, 0.717) is 38.5 Å². The van der Waals surface area contributed by atoms with E-state index in [1.807, 2.05) is 35.4 Å². The number of aryl methyl sites for hydroxylation is 2. The number of piperidine rings is 1. The molecule has 1 saturated heterocycles. The second kappa shape index (κ2) is 15.2. The number of carbonyl (C=O) groups excluding carboxylic acids is 4. The smallest absolute Gasteiger partial charge is 0.242 e. The Bertz CT molecular complexity index is 1120. The molecule has 2 unspecified atom stereocenters. The fourth-order valence-corrected chi connectivity index (χ4v) is 5.30. The number of primary amides is 1. The Morgan fingerprint density at radius 2 is 2.03 bits per heavy atom. The van der Waals surface area contributed by atoms with Crippen molar-refractivity contribution in [2.75, 3.05) is 19.7 Å². The molecule has 4 N–H and O–H groups in total. The molecule has 2 aliphatic rings. The molecule has 2 atom stereocenters. The summed E-state index contributed by atoms with van der Waals surface area (Å²) in [6.07, 6.45) is 5.92. The van der Waals surface area contributed by atoms with Crippen molar-refractivity contribution in [3.05, 3.63) is 45.9 Å². The molecule has 212 valence electrons. The molecule has 0 saturated carbocycles. The zero-order valence-corrected chi connectivity index (χ0v) is 23.6. The number of hydrogen-bond acceptors (Lipinski definition) is 7. The maximum Gasteiger partial charge on any atom is 0.242 e. The average Bonchev–Trinajstić information content (AvgIpc) is 3.43. The number of amides is 4. The lowest BCUT2D eigenvalue weighted by atomic mass is 9.95. The highest BCUT2D eigenvalue weighted by Gasteiger charge is 2.26. The van der Waals surface area contributed by atoms with Gasteiger partial charge in [-0.2, -0.15) is 0 Å². The van der Waals surface area contributed by atoms with Crippen LogP contribution >= 0.6 is 11.3 Å². The van der Waals surface area contributed by atoms with E-state index in [4.69, 9.17) is 4.74 Å². The van der Waals surface area contributed by atoms with Crippen molar-refractivity contribution in [2.45, 2.75) is 71.4 Å². The zero-order valence-electron chi connectivity index (χ0n) is 22.7. The molecule has 4 amide bonds. The van der Waals surface area contributed by atoms with Crippen LogP contribution in [0.1, 0.15) is 61.6 Å². The second-order valence-corrected chi connectivity index (χ2v) is 11.0. The van der Waals surface area contributed by atoms with Gasteiger partial charge in [0.25, 0.3) is 0 Å². The Morgan fingerprint density at radius 3 is 2.77 bits per heavy atom. The fraction of sp³-hybridized carbons (Fsp3) is 0.536. The number of carbonyl (C=O) groups is 4. The predicted molar refractivity (Wildman–Crippen MR) is 149 cm³/mol. The number of fused-ring (bicyclic) bond motifs is 4. The fourth-order valence-electron chi connectivity index (χ4n) is 4.66. The van der Waals surface area contributed by atoms with E-state index in [1.54, 1.807) is 6.20 Å². The third-order valence-corrected chi connectivity index (χ3v) is 7.63. The highest BCUT2D eigenvalue weighted by atomic mass is 32.1. The number of thiazole rings is 1. The van der Waals surface area contributed by atoms with E-state index in [2.05, 4.69) is 21.4 Å². The van der Waals surface area contributed by atoms with Gasteiger partial charge in [0.05, 0.1) is 11.6 Å². The first-order valence-corrected chi connectivity index (χ1v) is 14.3. The number of ether oxygens (including phenoxy) is 1. The largest absolute Gasteiger partial charge is 0.494 e. The minimum absolute atomic E-state index is 0.00107. The summed E-state index contributed by atoms with van der Waals surface area (Å²) in [7, 11) is 0. The Morgan fingerprint density at radius 1 is 1.23 bits per heavy atom. The van der Waals surface area contributed by atoms with Crippen LogP contribution in [0.15, 0.2) is 29.8 Å². The van der Waals surface area contributed by atoms with Crippen LogP contribution in [-0.4, -0.2) is 59.3 Å². The molecule has 1 fully saturated rings. The van der Waals surface area contributed by atoms with Gasteiger partial charge in [0.1, 0.15) is 11.8 Å². The summed E-state index contributed by atoms with van der Waals surface area (Å²) in [5.74, 6) is 0.322. The topological polar surface area (TPSA) is 144 Å². The highest BCUT2D eigenvalue weighted by molar-refractivity contribution is 7.09. The Labute approximate surface area is 233 Å². The predicted octanol–water partition coefficient (Wildman–Crippen LogP) is 2.48. The summed E-state index contributed by atoms with van der Waals surface area (Å²) in [5.41, 5.74) is 6.52. The Hall–Kier alpha value is -3.47. The third-order valence-electron chi connectivity index (χ3n) is 6.79. The quantitative estimate of drug-likeness (QED) is 0.529. The summed E-state index contributed by atoms with van der Waals surface area (Å²) >= 11 is 1.53. The molecule has 3 heterocycles. The maximum absolute atomic E-state index is 13.1. The normalized spacial score (nSPS) is 20.8. The average molecular weight is 558 g/mol. The number of rotatable bonds is 3. The van der Waals surface area contributed by atoms with Crippen molar-refractivity contribution >= 4 is 35.0 Å². The summed E-state index contributed by atoms with van der Waals surface area (Å²) in [4.78, 5) is 53.9. The van der Waals surface area contributed by atoms with Crippen LogP contribution < -0.4 is 21.1 Å². The van der Waals surface area contributed by atoms with Crippen LogP contribution in [0.25, 0.3) is 0 Å². The summed E-state index contributed by atoms with van der Waals surface area (Å²) in [6, 6.07) is 5.22. The van der Waals surface area contributed by atoms with E-state index in [9.17, 15) is 19.2 Å². The molecule has 2 aromatic rings. The van der Waals surface area contributed by atoms with Crippen LogP contribution in [0.2, 0.25) is 0 Å². The third kappa shape index (κ3) is 10.3. The van der Waals surface area contributed by atoms with Gasteiger partial charge in [0.2, 0.25) is 23.6 Å². The molecule has 39 heavy (non-hydrogen) atoms. The molecule has 4 bridgehead atoms. The first-order valence-electron chi connectivity index (χ1n) is 13.4. The highest BCUT2D eigenvalue weighted by Crippen LogP contribution is 2.23. The van der Waals surface area contributed by atoms with Gasteiger partial charge in [-0.1, -0.05) is 6.07 Å². The Balaban J connectivity index is 0.000000983. The number of aromatic nitrogens is 1. The lowest BCUT2D eigenvalue weighted by Gasteiger charge is -2.33. The molecule has 11 heteroatoms. The number of nitrogens with zero attached hydrogens (tertiary/aromatic N) is 2. The van der Waals surface area contributed by atoms with Crippen LogP contribution in [0.4, 0.5) is 0 Å². The summed E-state index contributed by atoms with van der Waals surface area (Å²) < 4.78 is 6.03. The van der Waals surface area contributed by atoms with Crippen molar-refractivity contribution < 1.29 is 23.9 Å². The molecular formula is C28H39N5O5S. The molecule has 0 spiro atoms. The first kappa shape index (κ1) is 30.1. The van der Waals surface area contributed by atoms with Gasteiger partial charge in [-0.3, -0.25) is 19.2 Å². The number of nitrogens with two attached hydrogens (primary N) is 1. The van der Waals surface area contributed by atoms with Gasteiger partial charge >= 0.3 is 0 Å². The zero-order chi connectivity index (χ0) is 28.2. The molecule has 2 aliphatic heterocycles. The molecule has 0 radical (unpaired) electrons. The van der Waals surface area contributed by atoms with Gasteiger partial charge in [0, 0.05) is 57.4 Å². The standard InChI is InChI=1S/C26H34N4O4S.C2H5NO/c1-18-4-5-21-15-20(18)16-28-26(33)22(6-8-24-27-11-14-35-24)29-23(31)7-9-25(32)30-12-2-3-19(17-30)10-13-34-21;1-2(3)4/h4-5,11,14-15,19,22H,2-3,6-10,12-13,16-17H2,1H3,(H,28,33)(H,29,31);1H3,(H2,3,4). The first-order chi connectivity index (χ1) is 18.7. The molecular weight excluding hydrogens is 518 g/mol. The van der Waals surface area contributed by atoms with Gasteiger partial charge in [-0.15, -0.1) is 11.3 Å². The van der Waals surface area contributed by atoms with E-state index >= 15 is 0 Å². The Kier molecular flexibility index (Phi) is 11.7. The SMILES string of the molecule is CC(N)=O.Cc1ccc2cc1CNC(=O)C(CCc1nccs1)NC(=O)CCC(=O)N1CCCC(CCO2)C1. The van der Waals surface area contributed by atoms with Gasteiger partial charge < -0.3 is 26.0 Å². The van der Waals surface area contributed by atoms with Crippen molar-refractivity contribution in [3.8, 4) is 5.75 Å². The lowest BCUT2D eigenvalue weighted by molar-refractivity contribution is -0.135. The second-order valence-electron chi connectivity index (χ2n) is 9.99. The molecule has 1 aromatic carbocycles.